The first-order valence-corrected chi connectivity index (χ1v) is 8.73. The standard InChI is InChI=1S/C18H23N5O.ClH/c24-17(18-9-5-4-6-14(18)10-19-12-18)20-11-16-22-21-13-23(16)15-7-2-1-3-8-15;/h1-3,7-8,13-14,19H,4-6,9-12H2,(H,20,24);1H/t14-,18+;/m0./s1. The van der Waals surface area contributed by atoms with Crippen LogP contribution in [0, 0.1) is 11.3 Å². The molecule has 1 saturated heterocycles. The van der Waals surface area contributed by atoms with Crippen LogP contribution in [-0.2, 0) is 11.3 Å². The highest BCUT2D eigenvalue weighted by atomic mass is 35.5. The normalized spacial score (nSPS) is 25.0. The number of amides is 1. The molecule has 0 unspecified atom stereocenters. The number of benzene rings is 1. The van der Waals surface area contributed by atoms with E-state index in [1.54, 1.807) is 6.33 Å². The van der Waals surface area contributed by atoms with Crippen molar-refractivity contribution in [2.75, 3.05) is 13.1 Å². The van der Waals surface area contributed by atoms with Crippen molar-refractivity contribution in [3.05, 3.63) is 42.5 Å². The number of rotatable bonds is 4. The predicted molar refractivity (Wildman–Crippen MR) is 97.7 cm³/mol. The Morgan fingerprint density at radius 1 is 1.32 bits per heavy atom. The van der Waals surface area contributed by atoms with Crippen LogP contribution in [0.2, 0.25) is 0 Å². The lowest BCUT2D eigenvalue weighted by Crippen LogP contribution is -2.47. The third-order valence-corrected chi connectivity index (χ3v) is 5.55. The van der Waals surface area contributed by atoms with Crippen LogP contribution in [0.5, 0.6) is 0 Å². The van der Waals surface area contributed by atoms with Gasteiger partial charge >= 0.3 is 0 Å². The van der Waals surface area contributed by atoms with E-state index in [-0.39, 0.29) is 23.7 Å². The van der Waals surface area contributed by atoms with E-state index in [9.17, 15) is 4.79 Å². The smallest absolute Gasteiger partial charge is 0.228 e. The monoisotopic (exact) mass is 361 g/mol. The van der Waals surface area contributed by atoms with E-state index < -0.39 is 0 Å². The number of nitrogens with one attached hydrogen (secondary N) is 2. The lowest BCUT2D eigenvalue weighted by Gasteiger charge is -2.37. The van der Waals surface area contributed by atoms with Crippen LogP contribution in [-0.4, -0.2) is 33.8 Å². The molecule has 7 heteroatoms. The molecule has 0 spiro atoms. The number of carbonyl (C=O) groups excluding carboxylic acids is 1. The minimum Gasteiger partial charge on any atom is -0.348 e. The molecule has 2 atom stereocenters. The van der Waals surface area contributed by atoms with E-state index in [0.29, 0.717) is 12.5 Å². The minimum atomic E-state index is -0.226. The first-order chi connectivity index (χ1) is 11.8. The summed E-state index contributed by atoms with van der Waals surface area (Å²) >= 11 is 0. The zero-order valence-corrected chi connectivity index (χ0v) is 15.0. The van der Waals surface area contributed by atoms with Gasteiger partial charge in [-0.15, -0.1) is 22.6 Å². The van der Waals surface area contributed by atoms with Gasteiger partial charge in [0.15, 0.2) is 5.82 Å². The summed E-state index contributed by atoms with van der Waals surface area (Å²) in [6.45, 7) is 2.17. The molecule has 0 bridgehead atoms. The van der Waals surface area contributed by atoms with Gasteiger partial charge in [-0.25, -0.2) is 0 Å². The van der Waals surface area contributed by atoms with Gasteiger partial charge < -0.3 is 10.6 Å². The van der Waals surface area contributed by atoms with Gasteiger partial charge in [0.25, 0.3) is 0 Å². The minimum absolute atomic E-state index is 0. The molecule has 1 amide bonds. The second-order valence-corrected chi connectivity index (χ2v) is 6.87. The van der Waals surface area contributed by atoms with E-state index in [0.717, 1.165) is 43.9 Å². The van der Waals surface area contributed by atoms with Crippen LogP contribution in [0.1, 0.15) is 31.5 Å². The summed E-state index contributed by atoms with van der Waals surface area (Å²) in [6.07, 6.45) is 6.22. The second kappa shape index (κ2) is 7.54. The summed E-state index contributed by atoms with van der Waals surface area (Å²) in [6, 6.07) is 9.95. The Bertz CT molecular complexity index is 719. The van der Waals surface area contributed by atoms with Crippen LogP contribution in [0.3, 0.4) is 0 Å². The predicted octanol–water partition coefficient (Wildman–Crippen LogP) is 2.09. The summed E-state index contributed by atoms with van der Waals surface area (Å²) in [5.74, 6) is 1.39. The highest BCUT2D eigenvalue weighted by molar-refractivity contribution is 5.85. The van der Waals surface area contributed by atoms with Crippen molar-refractivity contribution in [2.24, 2.45) is 11.3 Å². The Kier molecular flexibility index (Phi) is 5.39. The maximum atomic E-state index is 12.9. The lowest BCUT2D eigenvalue weighted by atomic mass is 9.67. The quantitative estimate of drug-likeness (QED) is 0.874. The molecule has 2 heterocycles. The average Bonchev–Trinajstić information content (AvgIpc) is 3.27. The SMILES string of the molecule is Cl.O=C(NCc1nncn1-c1ccccc1)[C@@]12CCCC[C@H]1CNC2. The first kappa shape index (κ1) is 17.9. The van der Waals surface area contributed by atoms with Crippen molar-refractivity contribution >= 4 is 18.3 Å². The molecule has 134 valence electrons. The van der Waals surface area contributed by atoms with Crippen LogP contribution in [0.4, 0.5) is 0 Å². The number of hydrogen-bond donors (Lipinski definition) is 2. The number of aromatic nitrogens is 3. The van der Waals surface area contributed by atoms with Gasteiger partial charge in [0.1, 0.15) is 6.33 Å². The molecule has 1 saturated carbocycles. The van der Waals surface area contributed by atoms with E-state index in [1.165, 1.54) is 6.42 Å². The molecule has 25 heavy (non-hydrogen) atoms. The Morgan fingerprint density at radius 3 is 3.00 bits per heavy atom. The molecule has 1 aromatic heterocycles. The largest absolute Gasteiger partial charge is 0.348 e. The molecule has 0 radical (unpaired) electrons. The number of hydrogen-bond acceptors (Lipinski definition) is 4. The number of fused-ring (bicyclic) bond motifs is 1. The lowest BCUT2D eigenvalue weighted by molar-refractivity contribution is -0.134. The molecule has 6 nitrogen and oxygen atoms in total. The fraction of sp³-hybridized carbons (Fsp3) is 0.500. The molecular formula is C18H24ClN5O. The molecule has 4 rings (SSSR count). The van der Waals surface area contributed by atoms with Gasteiger partial charge in [-0.1, -0.05) is 31.0 Å². The van der Waals surface area contributed by atoms with Gasteiger partial charge in [-0.2, -0.15) is 0 Å². The summed E-state index contributed by atoms with van der Waals surface area (Å²) < 4.78 is 1.92. The number of nitrogens with zero attached hydrogens (tertiary/aromatic N) is 3. The first-order valence-electron chi connectivity index (χ1n) is 8.73. The van der Waals surface area contributed by atoms with Crippen molar-refractivity contribution in [2.45, 2.75) is 32.2 Å². The van der Waals surface area contributed by atoms with Crippen LogP contribution in [0.15, 0.2) is 36.7 Å². The van der Waals surface area contributed by atoms with Crippen LogP contribution >= 0.6 is 12.4 Å². The van der Waals surface area contributed by atoms with Gasteiger partial charge in [-0.05, 0) is 37.4 Å². The third-order valence-electron chi connectivity index (χ3n) is 5.55. The molecule has 1 aliphatic carbocycles. The zero-order chi connectivity index (χ0) is 16.4. The summed E-state index contributed by atoms with van der Waals surface area (Å²) in [5, 5.41) is 14.7. The second-order valence-electron chi connectivity index (χ2n) is 6.87. The average molecular weight is 362 g/mol. The molecule has 2 aliphatic rings. The summed E-state index contributed by atoms with van der Waals surface area (Å²) in [4.78, 5) is 12.9. The van der Waals surface area contributed by atoms with Crippen LogP contribution < -0.4 is 10.6 Å². The topological polar surface area (TPSA) is 71.8 Å². The van der Waals surface area contributed by atoms with Gasteiger partial charge in [-0.3, -0.25) is 9.36 Å². The molecule has 1 aromatic carbocycles. The van der Waals surface area contributed by atoms with Gasteiger partial charge in [0.05, 0.1) is 12.0 Å². The maximum absolute atomic E-state index is 12.9. The Morgan fingerprint density at radius 2 is 2.16 bits per heavy atom. The third kappa shape index (κ3) is 3.28. The van der Waals surface area contributed by atoms with Crippen molar-refractivity contribution < 1.29 is 4.79 Å². The van der Waals surface area contributed by atoms with E-state index in [2.05, 4.69) is 20.8 Å². The Balaban J connectivity index is 0.00000182. The highest BCUT2D eigenvalue weighted by Crippen LogP contribution is 2.43. The Labute approximate surface area is 153 Å². The van der Waals surface area contributed by atoms with Gasteiger partial charge in [0, 0.05) is 12.2 Å². The van der Waals surface area contributed by atoms with Crippen LogP contribution in [0.25, 0.3) is 5.69 Å². The fourth-order valence-corrected chi connectivity index (χ4v) is 4.21. The zero-order valence-electron chi connectivity index (χ0n) is 14.1. The van der Waals surface area contributed by atoms with E-state index in [4.69, 9.17) is 0 Å². The molecule has 2 fully saturated rings. The molecule has 2 N–H and O–H groups in total. The summed E-state index contributed by atoms with van der Waals surface area (Å²) in [7, 11) is 0. The maximum Gasteiger partial charge on any atom is 0.228 e. The number of halogens is 1. The number of para-hydroxylation sites is 1. The van der Waals surface area contributed by atoms with E-state index >= 15 is 0 Å². The fourth-order valence-electron chi connectivity index (χ4n) is 4.21. The van der Waals surface area contributed by atoms with Crippen molar-refractivity contribution in [3.63, 3.8) is 0 Å². The summed E-state index contributed by atoms with van der Waals surface area (Å²) in [5.41, 5.74) is 0.776. The molecule has 2 aromatic rings. The highest BCUT2D eigenvalue weighted by Gasteiger charge is 2.49. The molecule has 1 aliphatic heterocycles. The van der Waals surface area contributed by atoms with E-state index in [1.807, 2.05) is 34.9 Å². The Hall–Kier alpha value is -1.92. The molecular weight excluding hydrogens is 338 g/mol. The van der Waals surface area contributed by atoms with Gasteiger partial charge in [0.2, 0.25) is 5.91 Å². The van der Waals surface area contributed by atoms with Crippen molar-refractivity contribution in [1.82, 2.24) is 25.4 Å². The number of carbonyl (C=O) groups is 1. The van der Waals surface area contributed by atoms with Crippen molar-refractivity contribution in [1.29, 1.82) is 0 Å². The van der Waals surface area contributed by atoms with Crippen molar-refractivity contribution in [3.8, 4) is 5.69 Å².